The number of aliphatic hydroxyl groups excluding tert-OH is 2. The van der Waals surface area contributed by atoms with Crippen LogP contribution in [0.3, 0.4) is 0 Å². The third kappa shape index (κ3) is 5.62. The summed E-state index contributed by atoms with van der Waals surface area (Å²) in [6.45, 7) is -1.09. The number of aliphatic hydroxyl groups is 2. The summed E-state index contributed by atoms with van der Waals surface area (Å²) in [6, 6.07) is -0.962. The summed E-state index contributed by atoms with van der Waals surface area (Å²) in [5.41, 5.74) is 5.11. The standard InChI is InChI=1S/C4H12NO6P/c5-3(1-6)4(7)2-11-12(8,9)10/h3-4,6-7H,1-2,5H2,(H2,8,9,10)/t3-,4+/m1/s1. The first-order valence-electron chi connectivity index (χ1n) is 3.11. The molecule has 0 aromatic rings. The van der Waals surface area contributed by atoms with E-state index >= 15 is 0 Å². The van der Waals surface area contributed by atoms with Crippen LogP contribution in [0.25, 0.3) is 0 Å². The van der Waals surface area contributed by atoms with Crippen molar-refractivity contribution in [1.29, 1.82) is 0 Å². The zero-order valence-electron chi connectivity index (χ0n) is 6.20. The number of phosphoric ester groups is 1. The van der Waals surface area contributed by atoms with E-state index in [0.717, 1.165) is 0 Å². The number of hydrogen-bond acceptors (Lipinski definition) is 5. The van der Waals surface area contributed by atoms with Gasteiger partial charge in [-0.1, -0.05) is 0 Å². The third-order valence-corrected chi connectivity index (χ3v) is 1.60. The minimum atomic E-state index is -4.57. The Morgan fingerprint density at radius 2 is 2.00 bits per heavy atom. The molecular formula is C4H12NO6P. The summed E-state index contributed by atoms with van der Waals surface area (Å²) in [7, 11) is -4.57. The predicted molar refractivity (Wildman–Crippen MR) is 39.1 cm³/mol. The van der Waals surface area contributed by atoms with Gasteiger partial charge in [0.15, 0.2) is 0 Å². The third-order valence-electron chi connectivity index (χ3n) is 1.12. The molecule has 8 heteroatoms. The van der Waals surface area contributed by atoms with Crippen LogP contribution in [-0.4, -0.2) is 45.4 Å². The maximum Gasteiger partial charge on any atom is 0.469 e. The highest BCUT2D eigenvalue weighted by molar-refractivity contribution is 7.46. The molecule has 2 atom stereocenters. The molecule has 6 N–H and O–H groups in total. The predicted octanol–water partition coefficient (Wildman–Crippen LogP) is -2.22. The van der Waals surface area contributed by atoms with Crippen LogP contribution in [0, 0.1) is 0 Å². The number of rotatable bonds is 5. The van der Waals surface area contributed by atoms with Crippen molar-refractivity contribution < 1.29 is 29.1 Å². The number of nitrogens with two attached hydrogens (primary N) is 1. The highest BCUT2D eigenvalue weighted by atomic mass is 31.2. The van der Waals surface area contributed by atoms with Crippen molar-refractivity contribution in [3.8, 4) is 0 Å². The van der Waals surface area contributed by atoms with E-state index in [1.165, 1.54) is 0 Å². The van der Waals surface area contributed by atoms with E-state index in [9.17, 15) is 4.57 Å². The summed E-state index contributed by atoms with van der Waals surface area (Å²) >= 11 is 0. The fourth-order valence-electron chi connectivity index (χ4n) is 0.419. The lowest BCUT2D eigenvalue weighted by Gasteiger charge is -2.16. The second-order valence-corrected chi connectivity index (χ2v) is 3.44. The highest BCUT2D eigenvalue weighted by Gasteiger charge is 2.20. The molecule has 0 unspecified atom stereocenters. The van der Waals surface area contributed by atoms with Crippen LogP contribution in [0.15, 0.2) is 0 Å². The number of hydrogen-bond donors (Lipinski definition) is 5. The molecule has 0 amide bonds. The van der Waals surface area contributed by atoms with Gasteiger partial charge in [-0.25, -0.2) is 4.57 Å². The van der Waals surface area contributed by atoms with Crippen LogP contribution >= 0.6 is 7.82 Å². The largest absolute Gasteiger partial charge is 0.469 e. The first-order chi connectivity index (χ1) is 5.37. The summed E-state index contributed by atoms with van der Waals surface area (Å²) in [6.07, 6.45) is -1.29. The molecule has 0 saturated heterocycles. The summed E-state index contributed by atoms with van der Waals surface area (Å²) < 4.78 is 14.0. The van der Waals surface area contributed by atoms with Crippen LogP contribution in [0.5, 0.6) is 0 Å². The van der Waals surface area contributed by atoms with Gasteiger partial charge in [0.2, 0.25) is 0 Å². The Morgan fingerprint density at radius 3 is 2.33 bits per heavy atom. The molecular weight excluding hydrogens is 189 g/mol. The lowest BCUT2D eigenvalue weighted by Crippen LogP contribution is -2.40. The van der Waals surface area contributed by atoms with Gasteiger partial charge < -0.3 is 25.7 Å². The van der Waals surface area contributed by atoms with Crippen LogP contribution in [0.1, 0.15) is 0 Å². The van der Waals surface area contributed by atoms with Crippen LogP contribution < -0.4 is 5.73 Å². The van der Waals surface area contributed by atoms with Crippen molar-refractivity contribution in [3.05, 3.63) is 0 Å². The minimum Gasteiger partial charge on any atom is -0.395 e. The molecule has 0 bridgehead atoms. The minimum absolute atomic E-state index is 0.480. The number of phosphoric acid groups is 1. The van der Waals surface area contributed by atoms with E-state index in [0.29, 0.717) is 0 Å². The Kier molecular flexibility index (Phi) is 4.88. The topological polar surface area (TPSA) is 133 Å². The molecule has 0 aliphatic heterocycles. The van der Waals surface area contributed by atoms with Crippen molar-refractivity contribution in [1.82, 2.24) is 0 Å². The molecule has 0 aliphatic carbocycles. The highest BCUT2D eigenvalue weighted by Crippen LogP contribution is 2.35. The maximum absolute atomic E-state index is 10.1. The van der Waals surface area contributed by atoms with E-state index in [2.05, 4.69) is 4.52 Å². The van der Waals surface area contributed by atoms with Gasteiger partial charge in [-0.3, -0.25) is 4.52 Å². The van der Waals surface area contributed by atoms with Gasteiger partial charge in [-0.05, 0) is 0 Å². The van der Waals surface area contributed by atoms with Crippen molar-refractivity contribution >= 4 is 7.82 Å². The monoisotopic (exact) mass is 201 g/mol. The fourth-order valence-corrected chi connectivity index (χ4v) is 0.766. The molecule has 7 nitrogen and oxygen atoms in total. The second kappa shape index (κ2) is 4.88. The summed E-state index contributed by atoms with van der Waals surface area (Å²) in [5.74, 6) is 0. The Hall–Kier alpha value is -0.0100. The zero-order valence-corrected chi connectivity index (χ0v) is 7.09. The van der Waals surface area contributed by atoms with Gasteiger partial charge in [-0.15, -0.1) is 0 Å². The molecule has 0 saturated carbocycles. The molecule has 0 fully saturated rings. The zero-order chi connectivity index (χ0) is 9.78. The van der Waals surface area contributed by atoms with Crippen molar-refractivity contribution in [2.45, 2.75) is 12.1 Å². The molecule has 74 valence electrons. The summed E-state index contributed by atoms with van der Waals surface area (Å²) in [5, 5.41) is 17.3. The molecule has 0 rings (SSSR count). The molecule has 12 heavy (non-hydrogen) atoms. The molecule has 0 aromatic carbocycles. The first kappa shape index (κ1) is 12.0. The van der Waals surface area contributed by atoms with Gasteiger partial charge in [-0.2, -0.15) is 0 Å². The van der Waals surface area contributed by atoms with Crippen molar-refractivity contribution in [2.24, 2.45) is 5.73 Å². The van der Waals surface area contributed by atoms with Gasteiger partial charge in [0.25, 0.3) is 0 Å². The van der Waals surface area contributed by atoms with E-state index in [1.807, 2.05) is 0 Å². The smallest absolute Gasteiger partial charge is 0.395 e. The molecule has 0 radical (unpaired) electrons. The van der Waals surface area contributed by atoms with Crippen molar-refractivity contribution in [2.75, 3.05) is 13.2 Å². The van der Waals surface area contributed by atoms with E-state index in [1.54, 1.807) is 0 Å². The Balaban J connectivity index is 3.71. The second-order valence-electron chi connectivity index (χ2n) is 2.20. The summed E-state index contributed by atoms with van der Waals surface area (Å²) in [4.78, 5) is 16.4. The average Bonchev–Trinajstić information content (AvgIpc) is 1.97. The lowest BCUT2D eigenvalue weighted by molar-refractivity contribution is 0.0507. The van der Waals surface area contributed by atoms with Crippen LogP contribution in [0.4, 0.5) is 0 Å². The van der Waals surface area contributed by atoms with E-state index in [-0.39, 0.29) is 0 Å². The Bertz CT molecular complexity index is 169. The van der Waals surface area contributed by atoms with Crippen LogP contribution in [0.2, 0.25) is 0 Å². The lowest BCUT2D eigenvalue weighted by atomic mass is 10.2. The van der Waals surface area contributed by atoms with Gasteiger partial charge in [0.1, 0.15) is 0 Å². The van der Waals surface area contributed by atoms with Gasteiger partial charge in [0, 0.05) is 0 Å². The molecule has 0 aromatic heterocycles. The SMILES string of the molecule is N[C@H](CO)[C@@H](O)COP(=O)(O)O. The normalized spacial score (nSPS) is 17.4. The molecule has 0 aliphatic rings. The average molecular weight is 201 g/mol. The maximum atomic E-state index is 10.1. The quantitative estimate of drug-likeness (QED) is 0.318. The van der Waals surface area contributed by atoms with Gasteiger partial charge in [0.05, 0.1) is 25.4 Å². The van der Waals surface area contributed by atoms with E-state index < -0.39 is 33.2 Å². The van der Waals surface area contributed by atoms with Crippen LogP contribution in [-0.2, 0) is 9.09 Å². The Labute approximate surface area is 69.0 Å². The van der Waals surface area contributed by atoms with E-state index in [4.69, 9.17) is 25.7 Å². The fraction of sp³-hybridized carbons (Fsp3) is 1.00. The Morgan fingerprint density at radius 1 is 1.50 bits per heavy atom. The van der Waals surface area contributed by atoms with Gasteiger partial charge >= 0.3 is 7.82 Å². The molecule has 0 heterocycles. The first-order valence-corrected chi connectivity index (χ1v) is 4.64. The van der Waals surface area contributed by atoms with Crippen molar-refractivity contribution in [3.63, 3.8) is 0 Å². The molecule has 0 spiro atoms.